The molecule has 0 N–H and O–H groups in total. The number of aromatic nitrogens is 2. The number of nitrogens with zero attached hydrogens (tertiary/aromatic N) is 4. The second-order valence-electron chi connectivity index (χ2n) is 7.01. The first-order valence-corrected chi connectivity index (χ1v) is 11.2. The van der Waals surface area contributed by atoms with E-state index in [9.17, 15) is 4.79 Å². The van der Waals surface area contributed by atoms with Crippen molar-refractivity contribution in [2.24, 2.45) is 0 Å². The molecule has 0 aliphatic carbocycles. The Morgan fingerprint density at radius 2 is 1.97 bits per heavy atom. The fraction of sp³-hybridized carbons (Fsp3) is 0.318. The maximum Gasteiger partial charge on any atom is 0.339 e. The Morgan fingerprint density at radius 1 is 1.17 bits per heavy atom. The normalized spacial score (nSPS) is 14.7. The van der Waals surface area contributed by atoms with Crippen molar-refractivity contribution in [2.45, 2.75) is 13.5 Å². The van der Waals surface area contributed by atoms with Gasteiger partial charge in [-0.1, -0.05) is 29.8 Å². The molecule has 156 valence electrons. The van der Waals surface area contributed by atoms with Gasteiger partial charge in [0.2, 0.25) is 0 Å². The number of pyridine rings is 1. The summed E-state index contributed by atoms with van der Waals surface area (Å²) in [4.78, 5) is 25.6. The zero-order chi connectivity index (χ0) is 20.9. The lowest BCUT2D eigenvalue weighted by Gasteiger charge is -2.35. The molecular formula is C22H23ClN4O2S. The molecule has 0 amide bonds. The highest BCUT2D eigenvalue weighted by Crippen LogP contribution is 2.30. The third kappa shape index (κ3) is 4.80. The van der Waals surface area contributed by atoms with Crippen molar-refractivity contribution in [1.82, 2.24) is 14.9 Å². The van der Waals surface area contributed by atoms with Gasteiger partial charge in [0.15, 0.2) is 0 Å². The van der Waals surface area contributed by atoms with Crippen LogP contribution in [0, 0.1) is 0 Å². The van der Waals surface area contributed by atoms with E-state index in [1.54, 1.807) is 30.5 Å². The summed E-state index contributed by atoms with van der Waals surface area (Å²) >= 11 is 7.93. The van der Waals surface area contributed by atoms with Crippen molar-refractivity contribution in [3.8, 4) is 10.6 Å². The molecule has 1 saturated heterocycles. The average Bonchev–Trinajstić information content (AvgIpc) is 3.23. The van der Waals surface area contributed by atoms with Crippen LogP contribution in [0.25, 0.3) is 10.6 Å². The zero-order valence-corrected chi connectivity index (χ0v) is 18.3. The molecule has 0 spiro atoms. The second-order valence-corrected chi connectivity index (χ2v) is 8.28. The van der Waals surface area contributed by atoms with E-state index < -0.39 is 0 Å². The number of carbonyl (C=O) groups excluding carboxylic acids is 1. The van der Waals surface area contributed by atoms with Crippen LogP contribution in [0.1, 0.15) is 23.0 Å². The maximum absolute atomic E-state index is 11.8. The maximum atomic E-state index is 11.8. The van der Waals surface area contributed by atoms with Gasteiger partial charge >= 0.3 is 5.97 Å². The van der Waals surface area contributed by atoms with Crippen molar-refractivity contribution < 1.29 is 9.53 Å². The fourth-order valence-corrected chi connectivity index (χ4v) is 4.54. The van der Waals surface area contributed by atoms with Gasteiger partial charge < -0.3 is 9.64 Å². The van der Waals surface area contributed by atoms with Crippen molar-refractivity contribution in [1.29, 1.82) is 0 Å². The van der Waals surface area contributed by atoms with Gasteiger partial charge in [-0.05, 0) is 25.1 Å². The van der Waals surface area contributed by atoms with Crippen molar-refractivity contribution in [3.63, 3.8) is 0 Å². The number of thiazole rings is 1. The molecule has 6 nitrogen and oxygen atoms in total. The molecule has 30 heavy (non-hydrogen) atoms. The van der Waals surface area contributed by atoms with E-state index in [1.165, 1.54) is 0 Å². The highest BCUT2D eigenvalue weighted by Gasteiger charge is 2.20. The Balaban J connectivity index is 1.32. The molecular weight excluding hydrogens is 420 g/mol. The van der Waals surface area contributed by atoms with Gasteiger partial charge in [-0.2, -0.15) is 0 Å². The number of piperazine rings is 1. The summed E-state index contributed by atoms with van der Waals surface area (Å²) in [5.41, 5.74) is 2.54. The van der Waals surface area contributed by atoms with E-state index in [0.29, 0.717) is 12.2 Å². The highest BCUT2D eigenvalue weighted by atomic mass is 35.5. The number of anilines is 1. The topological polar surface area (TPSA) is 58.6 Å². The Kier molecular flexibility index (Phi) is 6.62. The molecule has 1 aliphatic heterocycles. The summed E-state index contributed by atoms with van der Waals surface area (Å²) in [6, 6.07) is 11.5. The summed E-state index contributed by atoms with van der Waals surface area (Å²) in [5, 5.41) is 3.80. The average molecular weight is 443 g/mol. The van der Waals surface area contributed by atoms with Crippen molar-refractivity contribution in [2.75, 3.05) is 37.7 Å². The molecule has 0 radical (unpaired) electrons. The smallest absolute Gasteiger partial charge is 0.339 e. The van der Waals surface area contributed by atoms with Crippen LogP contribution in [-0.4, -0.2) is 53.6 Å². The van der Waals surface area contributed by atoms with Crippen molar-refractivity contribution in [3.05, 3.63) is 64.3 Å². The summed E-state index contributed by atoms with van der Waals surface area (Å²) in [7, 11) is 0. The van der Waals surface area contributed by atoms with Crippen LogP contribution in [0.4, 0.5) is 5.82 Å². The van der Waals surface area contributed by atoms with Crippen LogP contribution in [-0.2, 0) is 11.3 Å². The number of ether oxygens (including phenoxy) is 1. The minimum atomic E-state index is -0.333. The third-order valence-electron chi connectivity index (χ3n) is 5.00. The number of hydrogen-bond donors (Lipinski definition) is 0. The molecule has 8 heteroatoms. The number of esters is 1. The molecule has 2 aromatic heterocycles. The number of halogens is 1. The van der Waals surface area contributed by atoms with Crippen LogP contribution in [0.3, 0.4) is 0 Å². The third-order valence-corrected chi connectivity index (χ3v) is 6.25. The van der Waals surface area contributed by atoms with Gasteiger partial charge in [-0.3, -0.25) is 4.90 Å². The summed E-state index contributed by atoms with van der Waals surface area (Å²) in [5.74, 6) is 0.554. The molecule has 1 aliphatic rings. The minimum absolute atomic E-state index is 0.333. The van der Waals surface area contributed by atoms with Crippen LogP contribution < -0.4 is 4.90 Å². The minimum Gasteiger partial charge on any atom is -0.462 e. The Morgan fingerprint density at radius 3 is 2.67 bits per heavy atom. The first-order chi connectivity index (χ1) is 14.6. The van der Waals surface area contributed by atoms with E-state index in [4.69, 9.17) is 21.3 Å². The predicted octanol–water partition coefficient (Wildman–Crippen LogP) is 4.36. The van der Waals surface area contributed by atoms with Gasteiger partial charge in [-0.25, -0.2) is 14.8 Å². The molecule has 1 fully saturated rings. The van der Waals surface area contributed by atoms with E-state index in [2.05, 4.69) is 20.2 Å². The van der Waals surface area contributed by atoms with Gasteiger partial charge in [0.25, 0.3) is 0 Å². The van der Waals surface area contributed by atoms with E-state index in [0.717, 1.165) is 59.8 Å². The summed E-state index contributed by atoms with van der Waals surface area (Å²) in [6.07, 6.45) is 1.59. The monoisotopic (exact) mass is 442 g/mol. The second kappa shape index (κ2) is 9.55. The molecule has 3 heterocycles. The Labute approximate surface area is 185 Å². The predicted molar refractivity (Wildman–Crippen MR) is 120 cm³/mol. The lowest BCUT2D eigenvalue weighted by Crippen LogP contribution is -2.46. The largest absolute Gasteiger partial charge is 0.462 e. The lowest BCUT2D eigenvalue weighted by molar-refractivity contribution is 0.0526. The van der Waals surface area contributed by atoms with Gasteiger partial charge in [-0.15, -0.1) is 11.3 Å². The van der Waals surface area contributed by atoms with Gasteiger partial charge in [0.1, 0.15) is 10.8 Å². The van der Waals surface area contributed by atoms with Crippen LogP contribution >= 0.6 is 22.9 Å². The van der Waals surface area contributed by atoms with Crippen LogP contribution in [0.5, 0.6) is 0 Å². The number of hydrogen-bond acceptors (Lipinski definition) is 7. The molecule has 3 aromatic rings. The first-order valence-electron chi connectivity index (χ1n) is 9.94. The van der Waals surface area contributed by atoms with Crippen LogP contribution in [0.2, 0.25) is 5.02 Å². The summed E-state index contributed by atoms with van der Waals surface area (Å²) < 4.78 is 5.01. The molecule has 0 unspecified atom stereocenters. The SMILES string of the molecule is CCOC(=O)c1ccc(N2CCN(Cc3csc(-c4ccccc4Cl)n3)CC2)nc1. The molecule has 0 saturated carbocycles. The highest BCUT2D eigenvalue weighted by molar-refractivity contribution is 7.13. The molecule has 1 aromatic carbocycles. The Bertz CT molecular complexity index is 1000. The van der Waals surface area contributed by atoms with E-state index in [-0.39, 0.29) is 5.97 Å². The van der Waals surface area contributed by atoms with E-state index >= 15 is 0 Å². The standard InChI is InChI=1S/C22H23ClN4O2S/c1-2-29-22(28)16-7-8-20(24-13-16)27-11-9-26(10-12-27)14-17-15-30-21(25-17)18-5-3-4-6-19(18)23/h3-8,13,15H,2,9-12,14H2,1H3. The van der Waals surface area contributed by atoms with Crippen molar-refractivity contribution >= 4 is 34.7 Å². The zero-order valence-electron chi connectivity index (χ0n) is 16.8. The lowest BCUT2D eigenvalue weighted by atomic mass is 10.2. The molecule has 0 bridgehead atoms. The molecule has 4 rings (SSSR count). The fourth-order valence-electron chi connectivity index (χ4n) is 3.41. The van der Waals surface area contributed by atoms with E-state index in [1.807, 2.05) is 30.3 Å². The number of carbonyl (C=O) groups is 1. The Hall–Kier alpha value is -2.48. The molecule has 0 atom stereocenters. The number of benzene rings is 1. The van der Waals surface area contributed by atoms with Gasteiger partial charge in [0, 0.05) is 49.9 Å². The van der Waals surface area contributed by atoms with Crippen LogP contribution in [0.15, 0.2) is 48.0 Å². The first kappa shape index (κ1) is 20.8. The quantitative estimate of drug-likeness (QED) is 0.529. The summed E-state index contributed by atoms with van der Waals surface area (Å²) in [6.45, 7) is 6.61. The number of rotatable bonds is 6. The van der Waals surface area contributed by atoms with Gasteiger partial charge in [0.05, 0.1) is 22.9 Å².